The van der Waals surface area contributed by atoms with Crippen LogP contribution in [0.25, 0.3) is 32.7 Å². The summed E-state index contributed by atoms with van der Waals surface area (Å²) in [5, 5.41) is 2.34. The lowest BCUT2D eigenvalue weighted by molar-refractivity contribution is 0.229. The Balaban J connectivity index is 2.13. The van der Waals surface area contributed by atoms with Crippen molar-refractivity contribution in [2.24, 2.45) is 0 Å². The monoisotopic (exact) mass is 714 g/mol. The average molecular weight is 715 g/mol. The van der Waals surface area contributed by atoms with Gasteiger partial charge in [-0.2, -0.15) is 16.8 Å². The van der Waals surface area contributed by atoms with Crippen LogP contribution in [-0.4, -0.2) is 55.8 Å². The maximum absolute atomic E-state index is 13.6. The zero-order valence-electron chi connectivity index (χ0n) is 26.2. The molecule has 46 heavy (non-hydrogen) atoms. The average Bonchev–Trinajstić information content (AvgIpc) is 2.96. The minimum absolute atomic E-state index is 0.121. The molecule has 0 saturated heterocycles. The van der Waals surface area contributed by atoms with Gasteiger partial charge in [0.25, 0.3) is 0 Å². The lowest BCUT2D eigenvalue weighted by atomic mass is 9.92. The summed E-state index contributed by atoms with van der Waals surface area (Å²) >= 11 is 0. The molecule has 0 aliphatic heterocycles. The minimum atomic E-state index is -4.08. The zero-order valence-corrected chi connectivity index (χ0v) is 29.6. The number of rotatable bonds is 15. The van der Waals surface area contributed by atoms with E-state index >= 15 is 0 Å². The van der Waals surface area contributed by atoms with Crippen molar-refractivity contribution in [1.82, 2.24) is 0 Å². The predicted octanol–water partition coefficient (Wildman–Crippen LogP) is 6.12. The van der Waals surface area contributed by atoms with E-state index in [1.807, 2.05) is 0 Å². The third-order valence-corrected chi connectivity index (χ3v) is 11.7. The number of hydrogen-bond donors (Lipinski definition) is 0. The number of benzene rings is 4. The van der Waals surface area contributed by atoms with Gasteiger partial charge in [0.1, 0.15) is 0 Å². The zero-order chi connectivity index (χ0) is 33.9. The molecule has 4 aromatic rings. The van der Waals surface area contributed by atoms with Gasteiger partial charge in [0, 0.05) is 11.1 Å². The Morgan fingerprint density at radius 1 is 0.522 bits per heavy atom. The standard InChI is InChI=1S/C30H36O12P2S2/c1-7-37-43(31,38-8-2)23-13-15-25-21(19-23)11-17-27(41-45(5,33)34)29(25)30-26-16-14-24(44(32,39-9-3)40-10-4)20-22(26)12-18-28(30)42-46(6,35)36/h11-20H,7-10H2,1-6H3. The fraction of sp³-hybridized carbons (Fsp3) is 0.333. The first-order valence-corrected chi connectivity index (χ1v) is 21.0. The molecule has 0 N–H and O–H groups in total. The highest BCUT2D eigenvalue weighted by molar-refractivity contribution is 7.86. The van der Waals surface area contributed by atoms with Gasteiger partial charge in [0.2, 0.25) is 0 Å². The van der Waals surface area contributed by atoms with Gasteiger partial charge in [-0.1, -0.05) is 24.3 Å². The van der Waals surface area contributed by atoms with Crippen LogP contribution in [0.3, 0.4) is 0 Å². The third-order valence-electron chi connectivity index (χ3n) is 6.49. The Hall–Kier alpha value is -2.80. The summed E-state index contributed by atoms with van der Waals surface area (Å²) in [5.74, 6) is -0.241. The van der Waals surface area contributed by atoms with Crippen LogP contribution in [0.1, 0.15) is 27.7 Å². The first-order chi connectivity index (χ1) is 21.6. The summed E-state index contributed by atoms with van der Waals surface area (Å²) < 4.78 is 110. The third kappa shape index (κ3) is 8.00. The van der Waals surface area contributed by atoms with E-state index in [9.17, 15) is 26.0 Å². The van der Waals surface area contributed by atoms with Crippen molar-refractivity contribution in [3.05, 3.63) is 60.7 Å². The number of fused-ring (bicyclic) bond motifs is 2. The fourth-order valence-corrected chi connectivity index (χ4v) is 9.11. The highest BCUT2D eigenvalue weighted by atomic mass is 32.2. The molecule has 0 aliphatic rings. The van der Waals surface area contributed by atoms with E-state index in [1.165, 1.54) is 24.3 Å². The minimum Gasteiger partial charge on any atom is -0.382 e. The number of hydrogen-bond acceptors (Lipinski definition) is 12. The molecule has 12 nitrogen and oxygen atoms in total. The van der Waals surface area contributed by atoms with Gasteiger partial charge in [-0.3, -0.25) is 9.13 Å². The van der Waals surface area contributed by atoms with Crippen LogP contribution in [0, 0.1) is 0 Å². The molecule has 0 bridgehead atoms. The Morgan fingerprint density at radius 3 is 1.13 bits per heavy atom. The molecule has 0 radical (unpaired) electrons. The first kappa shape index (κ1) is 36.0. The van der Waals surface area contributed by atoms with Gasteiger partial charge in [0.05, 0.1) is 49.5 Å². The van der Waals surface area contributed by atoms with Crippen molar-refractivity contribution in [2.45, 2.75) is 27.7 Å². The van der Waals surface area contributed by atoms with Crippen LogP contribution >= 0.6 is 15.2 Å². The molecule has 0 fully saturated rings. The van der Waals surface area contributed by atoms with E-state index < -0.39 is 35.4 Å². The van der Waals surface area contributed by atoms with E-state index in [4.69, 9.17) is 26.5 Å². The molecule has 0 amide bonds. The summed E-state index contributed by atoms with van der Waals surface area (Å²) in [6, 6.07) is 15.4. The molecule has 0 aromatic heterocycles. The summed E-state index contributed by atoms with van der Waals surface area (Å²) in [6.45, 7) is 7.29. The normalized spacial score (nSPS) is 12.9. The maximum atomic E-state index is 13.6. The van der Waals surface area contributed by atoms with E-state index in [0.29, 0.717) is 21.5 Å². The largest absolute Gasteiger partial charge is 0.382 e. The highest BCUT2D eigenvalue weighted by Crippen LogP contribution is 2.51. The predicted molar refractivity (Wildman–Crippen MR) is 179 cm³/mol. The van der Waals surface area contributed by atoms with Crippen molar-refractivity contribution in [1.29, 1.82) is 0 Å². The topological polar surface area (TPSA) is 158 Å². The molecule has 16 heteroatoms. The second kappa shape index (κ2) is 14.1. The molecule has 250 valence electrons. The summed E-state index contributed by atoms with van der Waals surface area (Å²) in [4.78, 5) is 0. The van der Waals surface area contributed by atoms with Crippen molar-refractivity contribution in [3.63, 3.8) is 0 Å². The Morgan fingerprint density at radius 2 is 0.848 bits per heavy atom. The van der Waals surface area contributed by atoms with Gasteiger partial charge < -0.3 is 26.5 Å². The van der Waals surface area contributed by atoms with Gasteiger partial charge in [-0.05, 0) is 85.6 Å². The molecule has 0 saturated carbocycles. The van der Waals surface area contributed by atoms with Crippen LogP contribution in [0.15, 0.2) is 60.7 Å². The Bertz CT molecular complexity index is 1910. The highest BCUT2D eigenvalue weighted by Gasteiger charge is 2.30. The molecular formula is C30H36O12P2S2. The van der Waals surface area contributed by atoms with Crippen LogP contribution in [0.4, 0.5) is 0 Å². The van der Waals surface area contributed by atoms with Crippen molar-refractivity contribution in [3.8, 4) is 22.6 Å². The SMILES string of the molecule is CCOP(=O)(OCC)c1ccc2c(-c3c(OS(C)(=O)=O)ccc4cc(P(=O)(OCC)OCC)ccc34)c(OS(C)(=O)=O)ccc2c1. The summed E-state index contributed by atoms with van der Waals surface area (Å²) in [6.07, 6.45) is 1.76. The van der Waals surface area contributed by atoms with Crippen molar-refractivity contribution < 1.29 is 52.4 Å². The molecule has 4 aromatic carbocycles. The van der Waals surface area contributed by atoms with E-state index in [1.54, 1.807) is 64.1 Å². The fourth-order valence-electron chi connectivity index (χ4n) is 4.97. The summed E-state index contributed by atoms with van der Waals surface area (Å²) in [7, 11) is -15.6. The van der Waals surface area contributed by atoms with Crippen LogP contribution in [-0.2, 0) is 47.5 Å². The molecule has 0 heterocycles. The van der Waals surface area contributed by atoms with E-state index in [2.05, 4.69) is 0 Å². The van der Waals surface area contributed by atoms with Crippen LogP contribution in [0.2, 0.25) is 0 Å². The quantitative estimate of drug-likeness (QED) is 0.103. The summed E-state index contributed by atoms with van der Waals surface area (Å²) in [5.41, 5.74) is 0.346. The maximum Gasteiger partial charge on any atom is 0.361 e. The van der Waals surface area contributed by atoms with Crippen molar-refractivity contribution >= 4 is 67.6 Å². The van der Waals surface area contributed by atoms with Gasteiger partial charge >= 0.3 is 35.4 Å². The molecule has 0 aliphatic carbocycles. The smallest absolute Gasteiger partial charge is 0.361 e. The Kier molecular flexibility index (Phi) is 11.1. The van der Waals surface area contributed by atoms with Crippen LogP contribution < -0.4 is 19.0 Å². The second-order valence-electron chi connectivity index (χ2n) is 9.93. The second-order valence-corrected chi connectivity index (χ2v) is 17.1. The van der Waals surface area contributed by atoms with Gasteiger partial charge in [-0.25, -0.2) is 0 Å². The molecule has 0 unspecified atom stereocenters. The molecular weight excluding hydrogens is 678 g/mol. The lowest BCUT2D eigenvalue weighted by Gasteiger charge is -2.21. The van der Waals surface area contributed by atoms with Gasteiger partial charge in [-0.15, -0.1) is 0 Å². The van der Waals surface area contributed by atoms with Crippen molar-refractivity contribution in [2.75, 3.05) is 38.9 Å². The van der Waals surface area contributed by atoms with Gasteiger partial charge in [0.15, 0.2) is 11.5 Å². The van der Waals surface area contributed by atoms with Crippen LogP contribution in [0.5, 0.6) is 11.5 Å². The van der Waals surface area contributed by atoms with E-state index in [0.717, 1.165) is 12.5 Å². The Labute approximate surface area is 269 Å². The first-order valence-electron chi connectivity index (χ1n) is 14.3. The molecule has 0 atom stereocenters. The van der Waals surface area contributed by atoms with E-state index in [-0.39, 0.29) is 59.7 Å². The molecule has 0 spiro atoms. The lowest BCUT2D eigenvalue weighted by Crippen LogP contribution is -2.12. The molecule has 4 rings (SSSR count).